The van der Waals surface area contributed by atoms with E-state index in [0.29, 0.717) is 6.04 Å². The summed E-state index contributed by atoms with van der Waals surface area (Å²) >= 11 is 0. The lowest BCUT2D eigenvalue weighted by Gasteiger charge is -2.34. The molecule has 0 aromatic carbocycles. The number of ether oxygens (including phenoxy) is 1. The Morgan fingerprint density at radius 1 is 1.47 bits per heavy atom. The van der Waals surface area contributed by atoms with E-state index >= 15 is 0 Å². The molecule has 5 heteroatoms. The summed E-state index contributed by atoms with van der Waals surface area (Å²) in [5.41, 5.74) is 0. The maximum atomic E-state index is 11.4. The zero-order valence-corrected chi connectivity index (χ0v) is 11.8. The highest BCUT2D eigenvalue weighted by atomic mass is 16.5. The van der Waals surface area contributed by atoms with E-state index < -0.39 is 5.97 Å². The molecule has 0 spiro atoms. The van der Waals surface area contributed by atoms with Gasteiger partial charge in [-0.1, -0.05) is 0 Å². The third-order valence-corrected chi connectivity index (χ3v) is 3.92. The predicted octanol–water partition coefficient (Wildman–Crippen LogP) is 1.81. The highest BCUT2D eigenvalue weighted by Gasteiger charge is 2.25. The maximum Gasteiger partial charge on any atom is 0.373 e. The van der Waals surface area contributed by atoms with E-state index in [1.54, 1.807) is 6.07 Å². The van der Waals surface area contributed by atoms with Crippen LogP contribution >= 0.6 is 0 Å². The molecule has 2 rings (SSSR count). The van der Waals surface area contributed by atoms with Crippen LogP contribution in [-0.4, -0.2) is 44.2 Å². The van der Waals surface area contributed by atoms with Crippen molar-refractivity contribution >= 4 is 5.97 Å². The summed E-state index contributed by atoms with van der Waals surface area (Å²) in [7, 11) is 3.47. The first-order valence-electron chi connectivity index (χ1n) is 6.74. The molecule has 106 valence electrons. The zero-order valence-electron chi connectivity index (χ0n) is 11.8. The third kappa shape index (κ3) is 3.16. The second-order valence-electron chi connectivity index (χ2n) is 5.02. The van der Waals surface area contributed by atoms with Gasteiger partial charge in [-0.3, -0.25) is 4.90 Å². The summed E-state index contributed by atoms with van der Waals surface area (Å²) in [6, 6.07) is 4.24. The molecular weight excluding hydrogens is 244 g/mol. The van der Waals surface area contributed by atoms with Crippen molar-refractivity contribution in [2.45, 2.75) is 31.8 Å². The average Bonchev–Trinajstić information content (AvgIpc) is 2.95. The van der Waals surface area contributed by atoms with Gasteiger partial charge in [-0.05, 0) is 52.0 Å². The van der Waals surface area contributed by atoms with E-state index in [-0.39, 0.29) is 11.8 Å². The van der Waals surface area contributed by atoms with Gasteiger partial charge in [-0.25, -0.2) is 4.79 Å². The van der Waals surface area contributed by atoms with Crippen LogP contribution in [0.1, 0.15) is 42.1 Å². The van der Waals surface area contributed by atoms with Crippen molar-refractivity contribution in [1.82, 2.24) is 10.2 Å². The molecular formula is C14H22N2O3. The van der Waals surface area contributed by atoms with Crippen molar-refractivity contribution in [3.05, 3.63) is 23.7 Å². The Hall–Kier alpha value is -1.33. The van der Waals surface area contributed by atoms with Crippen molar-refractivity contribution in [1.29, 1.82) is 0 Å². The van der Waals surface area contributed by atoms with Crippen molar-refractivity contribution in [2.24, 2.45) is 0 Å². The van der Waals surface area contributed by atoms with Gasteiger partial charge in [0.15, 0.2) is 0 Å². The van der Waals surface area contributed by atoms with Gasteiger partial charge in [0.1, 0.15) is 5.76 Å². The lowest BCUT2D eigenvalue weighted by molar-refractivity contribution is 0.0557. The van der Waals surface area contributed by atoms with Crippen LogP contribution in [0.4, 0.5) is 0 Å². The molecule has 0 saturated carbocycles. The first-order valence-corrected chi connectivity index (χ1v) is 6.74. The lowest BCUT2D eigenvalue weighted by atomic mass is 10.0. The Morgan fingerprint density at radius 2 is 2.16 bits per heavy atom. The summed E-state index contributed by atoms with van der Waals surface area (Å²) in [6.07, 6.45) is 2.29. The third-order valence-electron chi connectivity index (χ3n) is 3.92. The number of piperidine rings is 1. The number of furan rings is 1. The first kappa shape index (κ1) is 14.1. The molecule has 1 aliphatic heterocycles. The molecule has 2 heterocycles. The van der Waals surface area contributed by atoms with E-state index in [0.717, 1.165) is 31.7 Å². The number of methoxy groups -OCH3 is 1. The van der Waals surface area contributed by atoms with Crippen molar-refractivity contribution < 1.29 is 13.9 Å². The van der Waals surface area contributed by atoms with Gasteiger partial charge in [-0.15, -0.1) is 0 Å². The Labute approximate surface area is 113 Å². The van der Waals surface area contributed by atoms with E-state index in [2.05, 4.69) is 28.9 Å². The van der Waals surface area contributed by atoms with Crippen molar-refractivity contribution in [2.75, 3.05) is 27.2 Å². The fourth-order valence-corrected chi connectivity index (χ4v) is 2.52. The zero-order chi connectivity index (χ0) is 13.8. The maximum absolute atomic E-state index is 11.4. The van der Waals surface area contributed by atoms with Crippen molar-refractivity contribution in [3.8, 4) is 0 Å². The molecule has 0 radical (unpaired) electrons. The number of hydrogen-bond acceptors (Lipinski definition) is 5. The topological polar surface area (TPSA) is 54.7 Å². The van der Waals surface area contributed by atoms with Crippen LogP contribution in [0.5, 0.6) is 0 Å². The molecule has 0 aliphatic carbocycles. The van der Waals surface area contributed by atoms with Crippen LogP contribution in [0, 0.1) is 0 Å². The summed E-state index contributed by atoms with van der Waals surface area (Å²) < 4.78 is 10.2. The van der Waals surface area contributed by atoms with Gasteiger partial charge < -0.3 is 14.5 Å². The van der Waals surface area contributed by atoms with Crippen LogP contribution in [0.25, 0.3) is 0 Å². The van der Waals surface area contributed by atoms with Gasteiger partial charge in [-0.2, -0.15) is 0 Å². The molecule has 1 aliphatic rings. The van der Waals surface area contributed by atoms with E-state index in [1.807, 2.05) is 6.07 Å². The summed E-state index contributed by atoms with van der Waals surface area (Å²) in [4.78, 5) is 13.7. The van der Waals surface area contributed by atoms with Crippen LogP contribution in [0.15, 0.2) is 16.5 Å². The molecule has 1 aromatic rings. The number of esters is 1. The highest BCUT2D eigenvalue weighted by molar-refractivity contribution is 5.86. The molecule has 1 saturated heterocycles. The van der Waals surface area contributed by atoms with Gasteiger partial charge in [0.05, 0.1) is 13.2 Å². The molecule has 0 amide bonds. The lowest BCUT2D eigenvalue weighted by Crippen LogP contribution is -2.42. The highest BCUT2D eigenvalue weighted by Crippen LogP contribution is 2.25. The van der Waals surface area contributed by atoms with Crippen molar-refractivity contribution in [3.63, 3.8) is 0 Å². The molecule has 1 N–H and O–H groups in total. The summed E-state index contributed by atoms with van der Waals surface area (Å²) in [6.45, 7) is 4.22. The number of nitrogens with one attached hydrogen (secondary N) is 1. The van der Waals surface area contributed by atoms with Crippen LogP contribution in [-0.2, 0) is 4.74 Å². The SMILES string of the molecule is COC(=O)c1ccc(C(C)N(C)C2CCNCC2)o1. The number of carbonyl (C=O) groups excluding carboxylic acids is 1. The monoisotopic (exact) mass is 266 g/mol. The predicted molar refractivity (Wildman–Crippen MR) is 72.1 cm³/mol. The van der Waals surface area contributed by atoms with Gasteiger partial charge in [0.2, 0.25) is 5.76 Å². The summed E-state index contributed by atoms with van der Waals surface area (Å²) in [5, 5.41) is 3.36. The fraction of sp³-hybridized carbons (Fsp3) is 0.643. The molecule has 1 unspecified atom stereocenters. The Balaban J connectivity index is 2.03. The number of carbonyl (C=O) groups is 1. The molecule has 0 bridgehead atoms. The minimum absolute atomic E-state index is 0.154. The molecule has 1 aromatic heterocycles. The molecule has 1 fully saturated rings. The number of rotatable bonds is 4. The Kier molecular flexibility index (Phi) is 4.61. The minimum atomic E-state index is -0.428. The van der Waals surface area contributed by atoms with Gasteiger partial charge in [0, 0.05) is 6.04 Å². The second kappa shape index (κ2) is 6.21. The molecule has 5 nitrogen and oxygen atoms in total. The van der Waals surface area contributed by atoms with Crippen LogP contribution < -0.4 is 5.32 Å². The number of hydrogen-bond donors (Lipinski definition) is 1. The van der Waals surface area contributed by atoms with E-state index in [4.69, 9.17) is 4.42 Å². The number of nitrogens with zero attached hydrogens (tertiary/aromatic N) is 1. The van der Waals surface area contributed by atoms with Gasteiger partial charge in [0.25, 0.3) is 0 Å². The minimum Gasteiger partial charge on any atom is -0.463 e. The normalized spacial score (nSPS) is 18.5. The summed E-state index contributed by atoms with van der Waals surface area (Å²) in [5.74, 6) is 0.646. The largest absolute Gasteiger partial charge is 0.463 e. The first-order chi connectivity index (χ1) is 9.13. The average molecular weight is 266 g/mol. The molecule has 19 heavy (non-hydrogen) atoms. The van der Waals surface area contributed by atoms with Gasteiger partial charge >= 0.3 is 5.97 Å². The standard InChI is InChI=1S/C14H22N2O3/c1-10(16(2)11-6-8-15-9-7-11)12-4-5-13(19-12)14(17)18-3/h4-5,10-11,15H,6-9H2,1-3H3. The fourth-order valence-electron chi connectivity index (χ4n) is 2.52. The second-order valence-corrected chi connectivity index (χ2v) is 5.02. The molecule has 1 atom stereocenters. The Morgan fingerprint density at radius 3 is 2.79 bits per heavy atom. The smallest absolute Gasteiger partial charge is 0.373 e. The van der Waals surface area contributed by atoms with E-state index in [1.165, 1.54) is 7.11 Å². The Bertz CT molecular complexity index is 424. The van der Waals surface area contributed by atoms with E-state index in [9.17, 15) is 4.79 Å². The van der Waals surface area contributed by atoms with Crippen LogP contribution in [0.2, 0.25) is 0 Å². The van der Waals surface area contributed by atoms with Crippen LogP contribution in [0.3, 0.4) is 0 Å². The quantitative estimate of drug-likeness (QED) is 0.842.